The Kier molecular flexibility index (Phi) is 7.40. The van der Waals surface area contributed by atoms with Gasteiger partial charge in [0.1, 0.15) is 11.5 Å². The molecule has 0 bridgehead atoms. The van der Waals surface area contributed by atoms with Gasteiger partial charge in [-0.15, -0.1) is 0 Å². The van der Waals surface area contributed by atoms with E-state index in [0.29, 0.717) is 18.2 Å². The maximum absolute atomic E-state index is 5.75. The van der Waals surface area contributed by atoms with Crippen LogP contribution >= 0.6 is 0 Å². The second-order valence-corrected chi connectivity index (χ2v) is 6.21. The SMILES string of the molecule is CN=C(NCCc1ccccn1)NCc1ccc(Oc2ccc(OC)cc2)nc1. The Bertz CT molecular complexity index is 897. The lowest BCUT2D eigenvalue weighted by Gasteiger charge is -2.12. The lowest BCUT2D eigenvalue weighted by Crippen LogP contribution is -2.37. The lowest BCUT2D eigenvalue weighted by molar-refractivity contribution is 0.412. The van der Waals surface area contributed by atoms with Gasteiger partial charge in [-0.2, -0.15) is 0 Å². The monoisotopic (exact) mass is 391 g/mol. The Labute approximate surface area is 170 Å². The van der Waals surface area contributed by atoms with Crippen LogP contribution in [0, 0.1) is 0 Å². The maximum Gasteiger partial charge on any atom is 0.219 e. The largest absolute Gasteiger partial charge is 0.497 e. The first-order valence-electron chi connectivity index (χ1n) is 9.38. The molecule has 0 fully saturated rings. The van der Waals surface area contributed by atoms with Gasteiger partial charge in [0.2, 0.25) is 5.88 Å². The average Bonchev–Trinajstić information content (AvgIpc) is 2.78. The first-order chi connectivity index (χ1) is 14.3. The zero-order valence-electron chi connectivity index (χ0n) is 16.6. The molecule has 7 heteroatoms. The van der Waals surface area contributed by atoms with Crippen molar-refractivity contribution >= 4 is 5.96 Å². The van der Waals surface area contributed by atoms with Crippen LogP contribution in [0.2, 0.25) is 0 Å². The molecule has 2 heterocycles. The van der Waals surface area contributed by atoms with E-state index in [1.54, 1.807) is 26.6 Å². The number of aromatic nitrogens is 2. The summed E-state index contributed by atoms with van der Waals surface area (Å²) in [6.07, 6.45) is 4.42. The van der Waals surface area contributed by atoms with Crippen molar-refractivity contribution in [3.05, 3.63) is 78.2 Å². The summed E-state index contributed by atoms with van der Waals surface area (Å²) in [5, 5.41) is 6.56. The minimum absolute atomic E-state index is 0.539. The van der Waals surface area contributed by atoms with E-state index in [2.05, 4.69) is 25.6 Å². The van der Waals surface area contributed by atoms with Crippen LogP contribution in [0.25, 0.3) is 0 Å². The minimum Gasteiger partial charge on any atom is -0.497 e. The molecule has 0 saturated heterocycles. The summed E-state index contributed by atoms with van der Waals surface area (Å²) in [7, 11) is 3.38. The summed E-state index contributed by atoms with van der Waals surface area (Å²) >= 11 is 0. The molecule has 29 heavy (non-hydrogen) atoms. The van der Waals surface area contributed by atoms with Crippen LogP contribution in [0.5, 0.6) is 17.4 Å². The number of guanidine groups is 1. The highest BCUT2D eigenvalue weighted by Crippen LogP contribution is 2.22. The second kappa shape index (κ2) is 10.7. The summed E-state index contributed by atoms with van der Waals surface area (Å²) in [6, 6.07) is 17.1. The van der Waals surface area contributed by atoms with Crippen molar-refractivity contribution in [3.8, 4) is 17.4 Å². The average molecular weight is 391 g/mol. The first kappa shape index (κ1) is 20.1. The number of rotatable bonds is 8. The smallest absolute Gasteiger partial charge is 0.219 e. The molecular formula is C22H25N5O2. The molecule has 7 nitrogen and oxygen atoms in total. The van der Waals surface area contributed by atoms with E-state index in [0.717, 1.165) is 35.9 Å². The van der Waals surface area contributed by atoms with Crippen LogP contribution in [0.3, 0.4) is 0 Å². The van der Waals surface area contributed by atoms with Crippen LogP contribution in [0.1, 0.15) is 11.3 Å². The molecule has 0 aliphatic carbocycles. The highest BCUT2D eigenvalue weighted by molar-refractivity contribution is 5.79. The van der Waals surface area contributed by atoms with Crippen molar-refractivity contribution < 1.29 is 9.47 Å². The molecule has 150 valence electrons. The van der Waals surface area contributed by atoms with Gasteiger partial charge in [-0.05, 0) is 42.0 Å². The third-order valence-corrected chi connectivity index (χ3v) is 4.16. The molecule has 0 atom stereocenters. The van der Waals surface area contributed by atoms with Crippen molar-refractivity contribution in [3.63, 3.8) is 0 Å². The molecule has 1 aromatic carbocycles. The molecule has 0 amide bonds. The highest BCUT2D eigenvalue weighted by Gasteiger charge is 2.02. The van der Waals surface area contributed by atoms with Gasteiger partial charge in [0, 0.05) is 50.7 Å². The van der Waals surface area contributed by atoms with Crippen molar-refractivity contribution in [2.24, 2.45) is 4.99 Å². The lowest BCUT2D eigenvalue weighted by atomic mass is 10.2. The van der Waals surface area contributed by atoms with E-state index in [4.69, 9.17) is 9.47 Å². The molecule has 0 unspecified atom stereocenters. The van der Waals surface area contributed by atoms with Crippen LogP contribution < -0.4 is 20.1 Å². The number of pyridine rings is 2. The van der Waals surface area contributed by atoms with Crippen molar-refractivity contribution in [1.29, 1.82) is 0 Å². The topological polar surface area (TPSA) is 80.7 Å². The first-order valence-corrected chi connectivity index (χ1v) is 9.38. The number of nitrogens with one attached hydrogen (secondary N) is 2. The maximum atomic E-state index is 5.75. The Hall–Kier alpha value is -3.61. The van der Waals surface area contributed by atoms with E-state index in [-0.39, 0.29) is 0 Å². The van der Waals surface area contributed by atoms with E-state index in [9.17, 15) is 0 Å². The summed E-state index contributed by atoms with van der Waals surface area (Å²) in [5.74, 6) is 2.77. The number of aliphatic imine (C=N–C) groups is 1. The fraction of sp³-hybridized carbons (Fsp3) is 0.227. The van der Waals surface area contributed by atoms with Crippen LogP contribution in [-0.4, -0.2) is 36.6 Å². The van der Waals surface area contributed by atoms with Crippen LogP contribution in [-0.2, 0) is 13.0 Å². The van der Waals surface area contributed by atoms with E-state index in [1.165, 1.54) is 0 Å². The van der Waals surface area contributed by atoms with Gasteiger partial charge >= 0.3 is 0 Å². The van der Waals surface area contributed by atoms with Gasteiger partial charge < -0.3 is 20.1 Å². The third kappa shape index (κ3) is 6.49. The Morgan fingerprint density at radius 2 is 1.79 bits per heavy atom. The molecule has 3 rings (SSSR count). The van der Waals surface area contributed by atoms with E-state index in [1.807, 2.05) is 54.6 Å². The van der Waals surface area contributed by atoms with Crippen molar-refractivity contribution in [1.82, 2.24) is 20.6 Å². The fourth-order valence-corrected chi connectivity index (χ4v) is 2.60. The molecule has 0 aliphatic heterocycles. The molecule has 0 saturated carbocycles. The van der Waals surface area contributed by atoms with E-state index < -0.39 is 0 Å². The second-order valence-electron chi connectivity index (χ2n) is 6.21. The van der Waals surface area contributed by atoms with Gasteiger partial charge in [0.15, 0.2) is 5.96 Å². The summed E-state index contributed by atoms with van der Waals surface area (Å²) in [5.41, 5.74) is 2.08. The molecule has 0 aliphatic rings. The fourth-order valence-electron chi connectivity index (χ4n) is 2.60. The molecular weight excluding hydrogens is 366 g/mol. The standard InChI is InChI=1S/C22H25N5O2/c1-23-22(25-14-12-18-5-3-4-13-24-18)27-16-17-6-11-21(26-15-17)29-20-9-7-19(28-2)8-10-20/h3-11,13,15H,12,14,16H2,1-2H3,(H2,23,25,27). The molecule has 0 radical (unpaired) electrons. The third-order valence-electron chi connectivity index (χ3n) is 4.16. The Morgan fingerprint density at radius 1 is 0.966 bits per heavy atom. The number of hydrogen-bond donors (Lipinski definition) is 2. The zero-order chi connectivity index (χ0) is 20.3. The van der Waals surface area contributed by atoms with Gasteiger partial charge in [-0.1, -0.05) is 12.1 Å². The number of nitrogens with zero attached hydrogens (tertiary/aromatic N) is 3. The molecule has 0 spiro atoms. The quantitative estimate of drug-likeness (QED) is 0.453. The molecule has 2 aromatic heterocycles. The van der Waals surface area contributed by atoms with Crippen LogP contribution in [0.4, 0.5) is 0 Å². The van der Waals surface area contributed by atoms with Gasteiger partial charge in [0.05, 0.1) is 7.11 Å². The Morgan fingerprint density at radius 3 is 2.45 bits per heavy atom. The number of ether oxygens (including phenoxy) is 2. The predicted molar refractivity (Wildman–Crippen MR) is 113 cm³/mol. The summed E-state index contributed by atoms with van der Waals surface area (Å²) in [4.78, 5) is 12.9. The predicted octanol–water partition coefficient (Wildman–Crippen LogP) is 3.19. The highest BCUT2D eigenvalue weighted by atomic mass is 16.5. The normalized spacial score (nSPS) is 11.0. The molecule has 2 N–H and O–H groups in total. The number of methoxy groups -OCH3 is 1. The van der Waals surface area contributed by atoms with Crippen molar-refractivity contribution in [2.75, 3.05) is 20.7 Å². The summed E-state index contributed by atoms with van der Waals surface area (Å²) in [6.45, 7) is 1.36. The van der Waals surface area contributed by atoms with Crippen molar-refractivity contribution in [2.45, 2.75) is 13.0 Å². The van der Waals surface area contributed by atoms with Gasteiger partial charge in [-0.3, -0.25) is 9.98 Å². The minimum atomic E-state index is 0.539. The number of hydrogen-bond acceptors (Lipinski definition) is 5. The zero-order valence-corrected chi connectivity index (χ0v) is 16.6. The summed E-state index contributed by atoms with van der Waals surface area (Å²) < 4.78 is 10.9. The molecule has 3 aromatic rings. The van der Waals surface area contributed by atoms with Gasteiger partial charge in [0.25, 0.3) is 0 Å². The Balaban J connectivity index is 1.44. The number of benzene rings is 1. The van der Waals surface area contributed by atoms with Crippen LogP contribution in [0.15, 0.2) is 72.0 Å². The van der Waals surface area contributed by atoms with Gasteiger partial charge in [-0.25, -0.2) is 4.98 Å². The van der Waals surface area contributed by atoms with E-state index >= 15 is 0 Å².